The van der Waals surface area contributed by atoms with Crippen molar-refractivity contribution in [3.05, 3.63) is 42.5 Å². The number of ether oxygens (including phenoxy) is 1. The predicted molar refractivity (Wildman–Crippen MR) is 74.7 cm³/mol. The summed E-state index contributed by atoms with van der Waals surface area (Å²) in [5.41, 5.74) is 1.98. The second kappa shape index (κ2) is 5.83. The topological polar surface area (TPSA) is 50.3 Å². The number of morpholine rings is 1. The first-order valence-corrected chi connectivity index (χ1v) is 6.49. The first-order valence-electron chi connectivity index (χ1n) is 6.49. The number of halogens is 1. The van der Waals surface area contributed by atoms with Gasteiger partial charge in [0.15, 0.2) is 0 Å². The molecule has 0 radical (unpaired) electrons. The van der Waals surface area contributed by atoms with Crippen LogP contribution in [-0.4, -0.2) is 36.3 Å². The van der Waals surface area contributed by atoms with Gasteiger partial charge in [0, 0.05) is 36.7 Å². The lowest BCUT2D eigenvalue weighted by Gasteiger charge is -2.28. The van der Waals surface area contributed by atoms with E-state index in [-0.39, 0.29) is 5.95 Å². The smallest absolute Gasteiger partial charge is 0.229 e. The summed E-state index contributed by atoms with van der Waals surface area (Å²) in [7, 11) is 0. The van der Waals surface area contributed by atoms with E-state index in [2.05, 4.69) is 20.2 Å². The van der Waals surface area contributed by atoms with Gasteiger partial charge in [0.2, 0.25) is 11.9 Å². The van der Waals surface area contributed by atoms with E-state index in [9.17, 15) is 4.39 Å². The molecule has 1 aliphatic rings. The van der Waals surface area contributed by atoms with Crippen molar-refractivity contribution in [2.24, 2.45) is 0 Å². The van der Waals surface area contributed by atoms with Gasteiger partial charge in [-0.25, -0.2) is 4.98 Å². The van der Waals surface area contributed by atoms with E-state index in [1.807, 2.05) is 24.3 Å². The molecule has 0 saturated carbocycles. The molecule has 0 bridgehead atoms. The van der Waals surface area contributed by atoms with Gasteiger partial charge in [-0.05, 0) is 24.3 Å². The van der Waals surface area contributed by atoms with Crippen LogP contribution in [0.15, 0.2) is 36.5 Å². The van der Waals surface area contributed by atoms with Crippen molar-refractivity contribution >= 4 is 17.3 Å². The molecule has 1 aromatic heterocycles. The Morgan fingerprint density at radius 3 is 2.55 bits per heavy atom. The minimum absolute atomic E-state index is 0.254. The molecule has 6 heteroatoms. The van der Waals surface area contributed by atoms with Crippen molar-refractivity contribution in [1.29, 1.82) is 0 Å². The number of nitrogens with zero attached hydrogens (tertiary/aromatic N) is 3. The van der Waals surface area contributed by atoms with Gasteiger partial charge in [-0.2, -0.15) is 9.37 Å². The largest absolute Gasteiger partial charge is 0.378 e. The molecule has 2 aromatic rings. The van der Waals surface area contributed by atoms with Crippen molar-refractivity contribution < 1.29 is 9.13 Å². The molecule has 0 unspecified atom stereocenters. The molecule has 1 aromatic carbocycles. The summed E-state index contributed by atoms with van der Waals surface area (Å²) in [5.74, 6) is -0.295. The van der Waals surface area contributed by atoms with Crippen molar-refractivity contribution in [2.75, 3.05) is 36.5 Å². The molecule has 1 aliphatic heterocycles. The predicted octanol–water partition coefficient (Wildman–Crippen LogP) is 2.20. The maximum Gasteiger partial charge on any atom is 0.229 e. The summed E-state index contributed by atoms with van der Waals surface area (Å²) >= 11 is 0. The molecule has 0 amide bonds. The molecule has 0 aliphatic carbocycles. The third-order valence-electron chi connectivity index (χ3n) is 3.12. The van der Waals surface area contributed by atoms with E-state index in [1.165, 1.54) is 12.3 Å². The Balaban J connectivity index is 1.69. The van der Waals surface area contributed by atoms with E-state index in [1.54, 1.807) is 0 Å². The fourth-order valence-corrected chi connectivity index (χ4v) is 2.10. The minimum Gasteiger partial charge on any atom is -0.378 e. The van der Waals surface area contributed by atoms with Crippen LogP contribution >= 0.6 is 0 Å². The van der Waals surface area contributed by atoms with Crippen LogP contribution in [0.3, 0.4) is 0 Å². The quantitative estimate of drug-likeness (QED) is 0.870. The van der Waals surface area contributed by atoms with Crippen molar-refractivity contribution in [2.45, 2.75) is 0 Å². The van der Waals surface area contributed by atoms with Gasteiger partial charge >= 0.3 is 0 Å². The average Bonchev–Trinajstić information content (AvgIpc) is 2.49. The summed E-state index contributed by atoms with van der Waals surface area (Å²) in [6.45, 7) is 3.33. The van der Waals surface area contributed by atoms with E-state index in [0.29, 0.717) is 0 Å². The fraction of sp³-hybridized carbons (Fsp3) is 0.286. The number of aromatic nitrogens is 2. The van der Waals surface area contributed by atoms with Crippen LogP contribution in [0, 0.1) is 5.95 Å². The summed E-state index contributed by atoms with van der Waals surface area (Å²) in [5, 5.41) is 2.97. The molecule has 0 spiro atoms. The standard InChI is InChI=1S/C14H15FN4O/c15-13-5-6-16-14(18-13)17-11-1-3-12(4-2-11)19-7-9-20-10-8-19/h1-6H,7-10H2,(H,16,17,18). The second-order valence-electron chi connectivity index (χ2n) is 4.47. The van der Waals surface area contributed by atoms with Gasteiger partial charge in [-0.3, -0.25) is 0 Å². The average molecular weight is 274 g/mol. The highest BCUT2D eigenvalue weighted by Crippen LogP contribution is 2.20. The Kier molecular flexibility index (Phi) is 3.73. The number of anilines is 3. The summed E-state index contributed by atoms with van der Waals surface area (Å²) in [4.78, 5) is 9.89. The maximum atomic E-state index is 13.0. The second-order valence-corrected chi connectivity index (χ2v) is 4.47. The van der Waals surface area contributed by atoms with Gasteiger partial charge in [0.1, 0.15) is 0 Å². The minimum atomic E-state index is -0.549. The summed E-state index contributed by atoms with van der Waals surface area (Å²) in [6.07, 6.45) is 1.38. The number of rotatable bonds is 3. The lowest BCUT2D eigenvalue weighted by atomic mass is 10.2. The highest BCUT2D eigenvalue weighted by molar-refractivity contribution is 5.59. The van der Waals surface area contributed by atoms with E-state index in [4.69, 9.17) is 4.74 Å². The van der Waals surface area contributed by atoms with Crippen LogP contribution in [0.2, 0.25) is 0 Å². The number of nitrogens with one attached hydrogen (secondary N) is 1. The van der Waals surface area contributed by atoms with Gasteiger partial charge in [0.05, 0.1) is 13.2 Å². The van der Waals surface area contributed by atoms with Crippen LogP contribution in [-0.2, 0) is 4.74 Å². The first-order chi connectivity index (χ1) is 9.81. The molecule has 20 heavy (non-hydrogen) atoms. The molecule has 1 fully saturated rings. The fourth-order valence-electron chi connectivity index (χ4n) is 2.10. The summed E-state index contributed by atoms with van der Waals surface area (Å²) < 4.78 is 18.3. The Morgan fingerprint density at radius 2 is 1.85 bits per heavy atom. The van der Waals surface area contributed by atoms with Crippen LogP contribution in [0.1, 0.15) is 0 Å². The third-order valence-corrected chi connectivity index (χ3v) is 3.12. The van der Waals surface area contributed by atoms with E-state index >= 15 is 0 Å². The molecular weight excluding hydrogens is 259 g/mol. The van der Waals surface area contributed by atoms with Crippen LogP contribution in [0.4, 0.5) is 21.7 Å². The molecular formula is C14H15FN4O. The van der Waals surface area contributed by atoms with Crippen molar-refractivity contribution in [1.82, 2.24) is 9.97 Å². The van der Waals surface area contributed by atoms with Crippen molar-refractivity contribution in [3.63, 3.8) is 0 Å². The zero-order valence-corrected chi connectivity index (χ0v) is 10.9. The normalized spacial score (nSPS) is 15.2. The molecule has 104 valence electrons. The maximum absolute atomic E-state index is 13.0. The summed E-state index contributed by atoms with van der Waals surface area (Å²) in [6, 6.07) is 9.12. The monoisotopic (exact) mass is 274 g/mol. The third kappa shape index (κ3) is 3.03. The van der Waals surface area contributed by atoms with Gasteiger partial charge in [-0.1, -0.05) is 0 Å². The molecule has 2 heterocycles. The van der Waals surface area contributed by atoms with Crippen LogP contribution < -0.4 is 10.2 Å². The number of benzene rings is 1. The lowest BCUT2D eigenvalue weighted by Crippen LogP contribution is -2.36. The Labute approximate surface area is 116 Å². The number of hydrogen-bond donors (Lipinski definition) is 1. The zero-order chi connectivity index (χ0) is 13.8. The Hall–Kier alpha value is -2.21. The Bertz CT molecular complexity index is 570. The Morgan fingerprint density at radius 1 is 1.10 bits per heavy atom. The number of hydrogen-bond acceptors (Lipinski definition) is 5. The SMILES string of the molecule is Fc1ccnc(Nc2ccc(N3CCOCC3)cc2)n1. The highest BCUT2D eigenvalue weighted by atomic mass is 19.1. The van der Waals surface area contributed by atoms with Crippen LogP contribution in [0.25, 0.3) is 0 Å². The molecule has 3 rings (SSSR count). The first kappa shape index (κ1) is 12.8. The lowest BCUT2D eigenvalue weighted by molar-refractivity contribution is 0.122. The molecule has 1 saturated heterocycles. The van der Waals surface area contributed by atoms with Gasteiger partial charge in [-0.15, -0.1) is 0 Å². The van der Waals surface area contributed by atoms with Gasteiger partial charge < -0.3 is 15.0 Å². The molecule has 1 N–H and O–H groups in total. The molecule has 0 atom stereocenters. The zero-order valence-electron chi connectivity index (χ0n) is 10.9. The van der Waals surface area contributed by atoms with E-state index < -0.39 is 5.95 Å². The van der Waals surface area contributed by atoms with E-state index in [0.717, 1.165) is 37.7 Å². The van der Waals surface area contributed by atoms with Crippen molar-refractivity contribution in [3.8, 4) is 0 Å². The molecule has 5 nitrogen and oxygen atoms in total. The highest BCUT2D eigenvalue weighted by Gasteiger charge is 2.10. The van der Waals surface area contributed by atoms with Gasteiger partial charge in [0.25, 0.3) is 0 Å². The van der Waals surface area contributed by atoms with Crippen LogP contribution in [0.5, 0.6) is 0 Å².